The van der Waals surface area contributed by atoms with Gasteiger partial charge in [0.15, 0.2) is 0 Å². The first-order valence-electron chi connectivity index (χ1n) is 7.36. The van der Waals surface area contributed by atoms with Crippen LogP contribution in [0.15, 0.2) is 35.4 Å². The van der Waals surface area contributed by atoms with Crippen LogP contribution in [0.4, 0.5) is 0 Å². The fraction of sp³-hybridized carbons (Fsp3) is 0.412. The molecule has 0 fully saturated rings. The Labute approximate surface area is 131 Å². The van der Waals surface area contributed by atoms with Crippen LogP contribution in [-0.2, 0) is 5.75 Å². The summed E-state index contributed by atoms with van der Waals surface area (Å²) in [5.74, 6) is 1.70. The molecule has 2 rings (SSSR count). The Hall–Kier alpha value is -1.39. The van der Waals surface area contributed by atoms with Gasteiger partial charge in [0.1, 0.15) is 5.82 Å². The Kier molecular flexibility index (Phi) is 5.76. The zero-order valence-electron chi connectivity index (χ0n) is 13.2. The summed E-state index contributed by atoms with van der Waals surface area (Å²) in [5, 5.41) is 3.40. The van der Waals surface area contributed by atoms with Crippen molar-refractivity contribution in [3.63, 3.8) is 0 Å². The first-order chi connectivity index (χ1) is 10.1. The number of nitrogens with zero attached hydrogens (tertiary/aromatic N) is 2. The molecule has 3 nitrogen and oxygen atoms in total. The van der Waals surface area contributed by atoms with Gasteiger partial charge in [-0.1, -0.05) is 25.1 Å². The topological polar surface area (TPSA) is 37.8 Å². The van der Waals surface area contributed by atoms with Crippen molar-refractivity contribution in [2.45, 2.75) is 44.4 Å². The van der Waals surface area contributed by atoms with E-state index in [0.29, 0.717) is 6.04 Å². The van der Waals surface area contributed by atoms with Crippen LogP contribution >= 0.6 is 11.8 Å². The predicted molar refractivity (Wildman–Crippen MR) is 89.6 cm³/mol. The second-order valence-corrected chi connectivity index (χ2v) is 6.18. The van der Waals surface area contributed by atoms with Crippen LogP contribution < -0.4 is 5.32 Å². The molecule has 112 valence electrons. The molecule has 0 aliphatic heterocycles. The van der Waals surface area contributed by atoms with Crippen molar-refractivity contribution >= 4 is 11.8 Å². The molecule has 1 unspecified atom stereocenters. The van der Waals surface area contributed by atoms with Gasteiger partial charge in [0.25, 0.3) is 0 Å². The van der Waals surface area contributed by atoms with Gasteiger partial charge < -0.3 is 5.32 Å². The number of hydrogen-bond donors (Lipinski definition) is 1. The van der Waals surface area contributed by atoms with Crippen molar-refractivity contribution in [3.05, 3.63) is 53.1 Å². The molecule has 0 aliphatic rings. The molecule has 0 aliphatic carbocycles. The highest BCUT2D eigenvalue weighted by Crippen LogP contribution is 2.25. The lowest BCUT2D eigenvalue weighted by Gasteiger charge is -2.15. The minimum absolute atomic E-state index is 0.299. The SMILES string of the molecule is CCNC(C)c1cnc(CSc2ccccc2C)nc1C. The Balaban J connectivity index is 2.05. The molecule has 1 atom stereocenters. The molecule has 1 N–H and O–H groups in total. The third-order valence-corrected chi connectivity index (χ3v) is 4.67. The second kappa shape index (κ2) is 7.57. The van der Waals surface area contributed by atoms with E-state index in [2.05, 4.69) is 67.2 Å². The minimum atomic E-state index is 0.299. The van der Waals surface area contributed by atoms with Gasteiger partial charge >= 0.3 is 0 Å². The van der Waals surface area contributed by atoms with Crippen LogP contribution in [0.5, 0.6) is 0 Å². The van der Waals surface area contributed by atoms with Crippen LogP contribution in [0.25, 0.3) is 0 Å². The number of nitrogens with one attached hydrogen (secondary N) is 1. The molecule has 1 heterocycles. The van der Waals surface area contributed by atoms with Gasteiger partial charge in [-0.05, 0) is 38.9 Å². The van der Waals surface area contributed by atoms with Gasteiger partial charge in [0, 0.05) is 28.4 Å². The van der Waals surface area contributed by atoms with E-state index in [0.717, 1.165) is 23.8 Å². The van der Waals surface area contributed by atoms with Crippen LogP contribution in [0, 0.1) is 13.8 Å². The summed E-state index contributed by atoms with van der Waals surface area (Å²) >= 11 is 1.79. The zero-order valence-corrected chi connectivity index (χ0v) is 14.0. The molecule has 4 heteroatoms. The van der Waals surface area contributed by atoms with Gasteiger partial charge in [-0.2, -0.15) is 0 Å². The molecule has 0 spiro atoms. The molecular formula is C17H23N3S. The summed E-state index contributed by atoms with van der Waals surface area (Å²) in [6.07, 6.45) is 1.96. The Morgan fingerprint density at radius 2 is 2.00 bits per heavy atom. The fourth-order valence-electron chi connectivity index (χ4n) is 2.30. The third kappa shape index (κ3) is 4.29. The highest BCUT2D eigenvalue weighted by Gasteiger charge is 2.10. The quantitative estimate of drug-likeness (QED) is 0.817. The first kappa shape index (κ1) is 16.0. The van der Waals surface area contributed by atoms with E-state index in [1.165, 1.54) is 16.0 Å². The first-order valence-corrected chi connectivity index (χ1v) is 8.34. The summed E-state index contributed by atoms with van der Waals surface area (Å²) in [5.41, 5.74) is 3.55. The maximum absolute atomic E-state index is 4.65. The van der Waals surface area contributed by atoms with Gasteiger partial charge in [-0.25, -0.2) is 9.97 Å². The molecule has 1 aromatic heterocycles. The monoisotopic (exact) mass is 301 g/mol. The number of hydrogen-bond acceptors (Lipinski definition) is 4. The van der Waals surface area contributed by atoms with E-state index in [-0.39, 0.29) is 0 Å². The van der Waals surface area contributed by atoms with E-state index in [9.17, 15) is 0 Å². The molecule has 0 saturated carbocycles. The van der Waals surface area contributed by atoms with Crippen LogP contribution in [0.2, 0.25) is 0 Å². The Morgan fingerprint density at radius 1 is 1.24 bits per heavy atom. The van der Waals surface area contributed by atoms with E-state index < -0.39 is 0 Å². The maximum atomic E-state index is 4.65. The average molecular weight is 301 g/mol. The summed E-state index contributed by atoms with van der Waals surface area (Å²) < 4.78 is 0. The normalized spacial score (nSPS) is 12.4. The highest BCUT2D eigenvalue weighted by molar-refractivity contribution is 7.98. The molecule has 0 amide bonds. The van der Waals surface area contributed by atoms with Crippen LogP contribution in [0.1, 0.15) is 42.5 Å². The minimum Gasteiger partial charge on any atom is -0.310 e. The van der Waals surface area contributed by atoms with Crippen LogP contribution in [0.3, 0.4) is 0 Å². The van der Waals surface area contributed by atoms with E-state index in [1.54, 1.807) is 11.8 Å². The van der Waals surface area contributed by atoms with Gasteiger partial charge in [-0.15, -0.1) is 11.8 Å². The molecule has 2 aromatic rings. The van der Waals surface area contributed by atoms with Gasteiger partial charge in [0.2, 0.25) is 0 Å². The van der Waals surface area contributed by atoms with Crippen molar-refractivity contribution in [3.8, 4) is 0 Å². The lowest BCUT2D eigenvalue weighted by atomic mass is 10.1. The summed E-state index contributed by atoms with van der Waals surface area (Å²) in [4.78, 5) is 10.5. The summed E-state index contributed by atoms with van der Waals surface area (Å²) in [6, 6.07) is 8.72. The lowest BCUT2D eigenvalue weighted by Crippen LogP contribution is -2.19. The lowest BCUT2D eigenvalue weighted by molar-refractivity contribution is 0.589. The number of aryl methyl sites for hydroxylation is 2. The number of aromatic nitrogens is 2. The summed E-state index contributed by atoms with van der Waals surface area (Å²) in [7, 11) is 0. The molecule has 0 bridgehead atoms. The highest BCUT2D eigenvalue weighted by atomic mass is 32.2. The number of rotatable bonds is 6. The molecular weight excluding hydrogens is 278 g/mol. The second-order valence-electron chi connectivity index (χ2n) is 5.16. The molecule has 0 radical (unpaired) electrons. The smallest absolute Gasteiger partial charge is 0.138 e. The average Bonchev–Trinajstić information content (AvgIpc) is 2.46. The van der Waals surface area contributed by atoms with Gasteiger partial charge in [-0.3, -0.25) is 0 Å². The van der Waals surface area contributed by atoms with E-state index >= 15 is 0 Å². The zero-order chi connectivity index (χ0) is 15.2. The molecule has 1 aromatic carbocycles. The summed E-state index contributed by atoms with van der Waals surface area (Å²) in [6.45, 7) is 9.41. The van der Waals surface area contributed by atoms with Gasteiger partial charge in [0.05, 0.1) is 5.75 Å². The predicted octanol–water partition coefficient (Wildman–Crippen LogP) is 4.06. The van der Waals surface area contributed by atoms with Crippen LogP contribution in [-0.4, -0.2) is 16.5 Å². The largest absolute Gasteiger partial charge is 0.310 e. The van der Waals surface area contributed by atoms with Crippen molar-refractivity contribution in [1.29, 1.82) is 0 Å². The number of thioether (sulfide) groups is 1. The van der Waals surface area contributed by atoms with Crippen molar-refractivity contribution < 1.29 is 0 Å². The fourth-order valence-corrected chi connectivity index (χ4v) is 3.19. The van der Waals surface area contributed by atoms with E-state index in [1.807, 2.05) is 6.20 Å². The Morgan fingerprint density at radius 3 is 2.67 bits per heavy atom. The number of benzene rings is 1. The van der Waals surface area contributed by atoms with Crippen molar-refractivity contribution in [2.24, 2.45) is 0 Å². The third-order valence-electron chi connectivity index (χ3n) is 3.49. The standard InChI is InChI=1S/C17H23N3S/c1-5-18-13(3)15-10-19-17(20-14(15)4)11-21-16-9-7-6-8-12(16)2/h6-10,13,18H,5,11H2,1-4H3. The molecule has 0 saturated heterocycles. The Bertz CT molecular complexity index is 598. The van der Waals surface area contributed by atoms with Crippen molar-refractivity contribution in [2.75, 3.05) is 6.54 Å². The van der Waals surface area contributed by atoms with E-state index in [4.69, 9.17) is 0 Å². The van der Waals surface area contributed by atoms with Crippen molar-refractivity contribution in [1.82, 2.24) is 15.3 Å². The molecule has 21 heavy (non-hydrogen) atoms. The maximum Gasteiger partial charge on any atom is 0.138 e.